The molecule has 6 nitrogen and oxygen atoms in total. The Morgan fingerprint density at radius 2 is 1.50 bits per heavy atom. The highest BCUT2D eigenvalue weighted by atomic mass is 16.1. The number of nitrogens with zero attached hydrogens (tertiary/aromatic N) is 3. The zero-order valence-corrected chi connectivity index (χ0v) is 17.7. The van der Waals surface area contributed by atoms with Gasteiger partial charge in [-0.25, -0.2) is 9.97 Å². The predicted octanol–water partition coefficient (Wildman–Crippen LogP) is 4.71. The summed E-state index contributed by atoms with van der Waals surface area (Å²) in [4.78, 5) is 23.0. The number of para-hydroxylation sites is 2. The van der Waals surface area contributed by atoms with Gasteiger partial charge in [-0.2, -0.15) is 0 Å². The predicted molar refractivity (Wildman–Crippen MR) is 127 cm³/mol. The number of carbonyl (C=O) groups is 1. The molecule has 3 aromatic carbocycles. The molecule has 32 heavy (non-hydrogen) atoms. The van der Waals surface area contributed by atoms with E-state index in [-0.39, 0.29) is 11.9 Å². The molecule has 5 rings (SSSR count). The minimum Gasteiger partial charge on any atom is -0.384 e. The molecule has 0 saturated carbocycles. The number of nitrogens with two attached hydrogens (primary N) is 1. The first-order valence-electron chi connectivity index (χ1n) is 10.6. The van der Waals surface area contributed by atoms with E-state index in [9.17, 15) is 4.79 Å². The highest BCUT2D eigenvalue weighted by Crippen LogP contribution is 2.29. The number of nitrogens with one attached hydrogen (secondary N) is 1. The van der Waals surface area contributed by atoms with E-state index in [0.717, 1.165) is 22.2 Å². The molecule has 0 aliphatic rings. The molecule has 0 aliphatic carbocycles. The van der Waals surface area contributed by atoms with Gasteiger partial charge < -0.3 is 15.6 Å². The van der Waals surface area contributed by atoms with Crippen LogP contribution >= 0.6 is 0 Å². The van der Waals surface area contributed by atoms with Crippen molar-refractivity contribution in [3.05, 3.63) is 102 Å². The van der Waals surface area contributed by atoms with Gasteiger partial charge in [0.15, 0.2) is 5.65 Å². The van der Waals surface area contributed by atoms with Gasteiger partial charge in [-0.05, 0) is 30.2 Å². The summed E-state index contributed by atoms with van der Waals surface area (Å²) in [5.41, 5.74) is 11.6. The Balaban J connectivity index is 1.63. The van der Waals surface area contributed by atoms with Gasteiger partial charge in [-0.1, -0.05) is 72.8 Å². The standard InChI is InChI=1S/C26H23N5O/c1-17(19-12-6-3-7-13-19)28-26(32)22-23-25(30-21-15-9-8-14-20(21)29-23)31(24(22)27)16-18-10-4-2-5-11-18/h2-15,17H,16,27H2,1H3,(H,28,32). The summed E-state index contributed by atoms with van der Waals surface area (Å²) < 4.78 is 1.87. The van der Waals surface area contributed by atoms with E-state index >= 15 is 0 Å². The smallest absolute Gasteiger partial charge is 0.257 e. The number of fused-ring (bicyclic) bond motifs is 2. The lowest BCUT2D eigenvalue weighted by Gasteiger charge is -2.14. The van der Waals surface area contributed by atoms with Crippen molar-refractivity contribution in [3.63, 3.8) is 0 Å². The van der Waals surface area contributed by atoms with E-state index in [1.165, 1.54) is 0 Å². The molecule has 0 bridgehead atoms. The van der Waals surface area contributed by atoms with E-state index < -0.39 is 0 Å². The fourth-order valence-electron chi connectivity index (χ4n) is 3.96. The minimum absolute atomic E-state index is 0.177. The Morgan fingerprint density at radius 3 is 2.19 bits per heavy atom. The van der Waals surface area contributed by atoms with Crippen molar-refractivity contribution < 1.29 is 4.79 Å². The molecule has 2 heterocycles. The third kappa shape index (κ3) is 3.56. The van der Waals surface area contributed by atoms with Gasteiger partial charge in [-0.15, -0.1) is 0 Å². The van der Waals surface area contributed by atoms with Gasteiger partial charge in [0.1, 0.15) is 16.9 Å². The molecule has 0 fully saturated rings. The topological polar surface area (TPSA) is 85.8 Å². The lowest BCUT2D eigenvalue weighted by molar-refractivity contribution is 0.0942. The van der Waals surface area contributed by atoms with Crippen LogP contribution in [0.1, 0.15) is 34.5 Å². The number of hydrogen-bond acceptors (Lipinski definition) is 4. The van der Waals surface area contributed by atoms with Gasteiger partial charge in [0.2, 0.25) is 0 Å². The zero-order chi connectivity index (χ0) is 22.1. The number of hydrogen-bond donors (Lipinski definition) is 2. The van der Waals surface area contributed by atoms with Crippen molar-refractivity contribution in [2.75, 3.05) is 5.73 Å². The Kier molecular flexibility index (Phi) is 5.03. The van der Waals surface area contributed by atoms with Crippen LogP contribution in [0.2, 0.25) is 0 Å². The van der Waals surface area contributed by atoms with E-state index in [0.29, 0.717) is 29.1 Å². The molecule has 1 amide bonds. The molecule has 0 radical (unpaired) electrons. The van der Waals surface area contributed by atoms with Crippen molar-refractivity contribution in [1.29, 1.82) is 0 Å². The van der Waals surface area contributed by atoms with Gasteiger partial charge in [0, 0.05) is 0 Å². The summed E-state index contributed by atoms with van der Waals surface area (Å²) in [5.74, 6) is 0.0946. The molecule has 5 aromatic rings. The molecule has 6 heteroatoms. The number of aromatic nitrogens is 3. The number of amides is 1. The average Bonchev–Trinajstić information content (AvgIpc) is 3.09. The fourth-order valence-corrected chi connectivity index (χ4v) is 3.96. The summed E-state index contributed by atoms with van der Waals surface area (Å²) >= 11 is 0. The Morgan fingerprint density at radius 1 is 0.906 bits per heavy atom. The number of benzene rings is 3. The van der Waals surface area contributed by atoms with Crippen LogP contribution in [-0.4, -0.2) is 20.4 Å². The van der Waals surface area contributed by atoms with Crippen LogP contribution in [0.25, 0.3) is 22.2 Å². The zero-order valence-electron chi connectivity index (χ0n) is 17.7. The highest BCUT2D eigenvalue weighted by molar-refractivity contribution is 6.10. The normalized spacial score (nSPS) is 12.2. The van der Waals surface area contributed by atoms with Crippen molar-refractivity contribution in [3.8, 4) is 0 Å². The van der Waals surface area contributed by atoms with Gasteiger partial charge in [0.25, 0.3) is 5.91 Å². The molecule has 0 spiro atoms. The van der Waals surface area contributed by atoms with Crippen LogP contribution in [0.5, 0.6) is 0 Å². The summed E-state index contributed by atoms with van der Waals surface area (Å²) in [7, 11) is 0. The van der Waals surface area contributed by atoms with E-state index in [4.69, 9.17) is 15.7 Å². The molecule has 1 unspecified atom stereocenters. The first kappa shape index (κ1) is 19.8. The third-order valence-electron chi connectivity index (χ3n) is 5.65. The Hall–Kier alpha value is -4.19. The fraction of sp³-hybridized carbons (Fsp3) is 0.115. The van der Waals surface area contributed by atoms with Crippen LogP contribution in [0.15, 0.2) is 84.9 Å². The minimum atomic E-state index is -0.264. The largest absolute Gasteiger partial charge is 0.384 e. The maximum absolute atomic E-state index is 13.4. The van der Waals surface area contributed by atoms with Gasteiger partial charge in [0.05, 0.1) is 23.6 Å². The average molecular weight is 422 g/mol. The monoisotopic (exact) mass is 421 g/mol. The molecule has 0 saturated heterocycles. The second-order valence-corrected chi connectivity index (χ2v) is 7.82. The number of nitrogen functional groups attached to an aromatic ring is 1. The summed E-state index contributed by atoms with van der Waals surface area (Å²) in [6.07, 6.45) is 0. The van der Waals surface area contributed by atoms with Gasteiger partial charge >= 0.3 is 0 Å². The molecule has 0 aliphatic heterocycles. The molecule has 2 aromatic heterocycles. The molecular weight excluding hydrogens is 398 g/mol. The van der Waals surface area contributed by atoms with Crippen LogP contribution in [0.4, 0.5) is 5.82 Å². The third-order valence-corrected chi connectivity index (χ3v) is 5.65. The van der Waals surface area contributed by atoms with Crippen molar-refractivity contribution in [1.82, 2.24) is 19.9 Å². The van der Waals surface area contributed by atoms with E-state index in [1.54, 1.807) is 0 Å². The molecule has 158 valence electrons. The molecule has 1 atom stereocenters. The maximum atomic E-state index is 13.4. The molecule has 3 N–H and O–H groups in total. The Labute approximate surface area is 185 Å². The van der Waals surface area contributed by atoms with Crippen LogP contribution in [0, 0.1) is 0 Å². The number of anilines is 1. The summed E-state index contributed by atoms with van der Waals surface area (Å²) in [6.45, 7) is 2.45. The summed E-state index contributed by atoms with van der Waals surface area (Å²) in [5, 5.41) is 3.07. The van der Waals surface area contributed by atoms with Crippen molar-refractivity contribution in [2.45, 2.75) is 19.5 Å². The lowest BCUT2D eigenvalue weighted by Crippen LogP contribution is -2.27. The van der Waals surface area contributed by atoms with Crippen LogP contribution in [-0.2, 0) is 6.54 Å². The number of carbonyl (C=O) groups excluding carboxylic acids is 1. The second-order valence-electron chi connectivity index (χ2n) is 7.82. The van der Waals surface area contributed by atoms with Crippen molar-refractivity contribution >= 4 is 33.9 Å². The van der Waals surface area contributed by atoms with Gasteiger partial charge in [-0.3, -0.25) is 4.79 Å². The van der Waals surface area contributed by atoms with E-state index in [2.05, 4.69) is 5.32 Å². The quantitative estimate of drug-likeness (QED) is 0.430. The van der Waals surface area contributed by atoms with Crippen molar-refractivity contribution in [2.24, 2.45) is 0 Å². The molecular formula is C26H23N5O. The van der Waals surface area contributed by atoms with Crippen LogP contribution < -0.4 is 11.1 Å². The van der Waals surface area contributed by atoms with E-state index in [1.807, 2.05) is 96.4 Å². The Bertz CT molecular complexity index is 1410. The highest BCUT2D eigenvalue weighted by Gasteiger charge is 2.25. The first-order valence-corrected chi connectivity index (χ1v) is 10.6. The SMILES string of the molecule is CC(NC(=O)c1c(N)n(Cc2ccccc2)c2nc3ccccc3nc12)c1ccccc1. The maximum Gasteiger partial charge on any atom is 0.257 e. The van der Waals surface area contributed by atoms with Crippen LogP contribution in [0.3, 0.4) is 0 Å². The second kappa shape index (κ2) is 8.15. The first-order chi connectivity index (χ1) is 15.6. The number of rotatable bonds is 5. The summed E-state index contributed by atoms with van der Waals surface area (Å²) in [6, 6.07) is 27.3. The lowest BCUT2D eigenvalue weighted by atomic mass is 10.1.